The maximum Gasteiger partial charge on any atom is 0.0600 e. The van der Waals surface area contributed by atoms with Crippen molar-refractivity contribution < 1.29 is 5.11 Å². The number of thiophene rings is 1. The Bertz CT molecular complexity index is 657. The van der Waals surface area contributed by atoms with Crippen LogP contribution in [0, 0.1) is 12.3 Å². The molecule has 4 rings (SSSR count). The topological polar surface area (TPSA) is 20.2 Å². The summed E-state index contributed by atoms with van der Waals surface area (Å²) in [6.07, 6.45) is 4.33. The molecule has 0 bridgehead atoms. The van der Waals surface area contributed by atoms with Crippen molar-refractivity contribution in [3.05, 3.63) is 34.2 Å². The summed E-state index contributed by atoms with van der Waals surface area (Å²) in [6.45, 7) is 4.47. The van der Waals surface area contributed by atoms with Gasteiger partial charge >= 0.3 is 0 Å². The highest BCUT2D eigenvalue weighted by molar-refractivity contribution is 7.19. The lowest BCUT2D eigenvalue weighted by atomic mass is 9.69. The zero-order chi connectivity index (χ0) is 13.2. The van der Waals surface area contributed by atoms with Crippen LogP contribution in [0.25, 0.3) is 10.1 Å². The number of aliphatic hydroxyl groups is 1. The lowest BCUT2D eigenvalue weighted by Crippen LogP contribution is -2.34. The molecule has 2 aliphatic carbocycles. The van der Waals surface area contributed by atoms with E-state index in [1.54, 1.807) is 10.4 Å². The highest BCUT2D eigenvalue weighted by Gasteiger charge is 2.49. The van der Waals surface area contributed by atoms with E-state index in [9.17, 15) is 5.11 Å². The third-order valence-electron chi connectivity index (χ3n) is 5.50. The quantitative estimate of drug-likeness (QED) is 0.753. The molecule has 2 aliphatic rings. The Balaban J connectivity index is 1.93. The molecule has 100 valence electrons. The van der Waals surface area contributed by atoms with E-state index in [0.29, 0.717) is 5.92 Å². The second-order valence-electron chi connectivity index (χ2n) is 6.60. The molecule has 0 radical (unpaired) electrons. The van der Waals surface area contributed by atoms with Crippen LogP contribution in [-0.2, 0) is 6.42 Å². The molecule has 2 aromatic rings. The highest BCUT2D eigenvalue weighted by Crippen LogP contribution is 2.58. The molecule has 0 amide bonds. The molecule has 1 aromatic carbocycles. The van der Waals surface area contributed by atoms with Crippen molar-refractivity contribution in [3.63, 3.8) is 0 Å². The van der Waals surface area contributed by atoms with E-state index >= 15 is 0 Å². The Kier molecular flexibility index (Phi) is 2.40. The Morgan fingerprint density at radius 2 is 2.16 bits per heavy atom. The number of aliphatic hydroxyl groups excluding tert-OH is 1. The Hall–Kier alpha value is -0.860. The van der Waals surface area contributed by atoms with Crippen LogP contribution in [0.5, 0.6) is 0 Å². The van der Waals surface area contributed by atoms with E-state index < -0.39 is 0 Å². The largest absolute Gasteiger partial charge is 0.393 e. The number of fused-ring (bicyclic) bond motifs is 5. The van der Waals surface area contributed by atoms with Gasteiger partial charge in [-0.15, -0.1) is 11.3 Å². The standard InChI is InChI=1S/C17H20OS/c1-10-3-4-11-12-7-8-17(2)13(5-6-15(17)18)16(12)19-14(11)9-10/h3-4,9,13,15,18H,5-8H2,1-2H3/t13-,15-,17?/m0/s1. The summed E-state index contributed by atoms with van der Waals surface area (Å²) in [5.41, 5.74) is 3.06. The smallest absolute Gasteiger partial charge is 0.0600 e. The molecule has 0 spiro atoms. The van der Waals surface area contributed by atoms with E-state index in [1.165, 1.54) is 15.6 Å². The minimum atomic E-state index is -0.0994. The second kappa shape index (κ2) is 3.83. The van der Waals surface area contributed by atoms with Crippen LogP contribution in [0.3, 0.4) is 0 Å². The zero-order valence-electron chi connectivity index (χ0n) is 11.6. The van der Waals surface area contributed by atoms with Crippen molar-refractivity contribution in [2.45, 2.75) is 51.6 Å². The summed E-state index contributed by atoms with van der Waals surface area (Å²) >= 11 is 1.98. The number of aryl methyl sites for hydroxylation is 2. The van der Waals surface area contributed by atoms with Gasteiger partial charge in [0.15, 0.2) is 0 Å². The highest BCUT2D eigenvalue weighted by atomic mass is 32.1. The van der Waals surface area contributed by atoms with Gasteiger partial charge in [-0.05, 0) is 55.2 Å². The van der Waals surface area contributed by atoms with Gasteiger partial charge in [0.1, 0.15) is 0 Å². The third kappa shape index (κ3) is 1.50. The van der Waals surface area contributed by atoms with Crippen molar-refractivity contribution in [1.29, 1.82) is 0 Å². The van der Waals surface area contributed by atoms with Crippen LogP contribution in [0.2, 0.25) is 0 Å². The summed E-state index contributed by atoms with van der Waals surface area (Å²) in [6, 6.07) is 6.85. The van der Waals surface area contributed by atoms with Crippen LogP contribution in [0.1, 0.15) is 48.1 Å². The molecular formula is C17H20OS. The first-order valence-electron chi connectivity index (χ1n) is 7.29. The summed E-state index contributed by atoms with van der Waals surface area (Å²) in [4.78, 5) is 1.57. The first-order valence-corrected chi connectivity index (χ1v) is 8.11. The molecule has 2 heteroatoms. The van der Waals surface area contributed by atoms with Crippen LogP contribution < -0.4 is 0 Å². The molecule has 0 aliphatic heterocycles. The number of hydrogen-bond acceptors (Lipinski definition) is 2. The zero-order valence-corrected chi connectivity index (χ0v) is 12.4. The minimum absolute atomic E-state index is 0.0994. The first kappa shape index (κ1) is 11.9. The van der Waals surface area contributed by atoms with E-state index in [2.05, 4.69) is 32.0 Å². The molecular weight excluding hydrogens is 252 g/mol. The monoisotopic (exact) mass is 272 g/mol. The summed E-state index contributed by atoms with van der Waals surface area (Å²) in [7, 11) is 0. The maximum atomic E-state index is 10.3. The van der Waals surface area contributed by atoms with Crippen molar-refractivity contribution >= 4 is 21.4 Å². The van der Waals surface area contributed by atoms with Crippen LogP contribution in [0.4, 0.5) is 0 Å². The van der Waals surface area contributed by atoms with E-state index in [-0.39, 0.29) is 11.5 Å². The summed E-state index contributed by atoms with van der Waals surface area (Å²) in [5.74, 6) is 0.587. The van der Waals surface area contributed by atoms with Crippen molar-refractivity contribution in [3.8, 4) is 0 Å². The SMILES string of the molecule is Cc1ccc2c3c(sc2c1)[C@@H]1CC[C@H](O)C1(C)CC3. The second-order valence-corrected chi connectivity index (χ2v) is 7.68. The van der Waals surface area contributed by atoms with E-state index in [1.807, 2.05) is 11.3 Å². The summed E-state index contributed by atoms with van der Waals surface area (Å²) < 4.78 is 1.44. The molecule has 1 N–H and O–H groups in total. The van der Waals surface area contributed by atoms with Crippen LogP contribution in [0.15, 0.2) is 18.2 Å². The molecule has 0 saturated heterocycles. The van der Waals surface area contributed by atoms with Gasteiger partial charge in [-0.2, -0.15) is 0 Å². The molecule has 1 heterocycles. The lowest BCUT2D eigenvalue weighted by Gasteiger charge is -2.38. The molecule has 1 saturated carbocycles. The van der Waals surface area contributed by atoms with E-state index in [4.69, 9.17) is 0 Å². The van der Waals surface area contributed by atoms with Gasteiger partial charge in [0, 0.05) is 20.9 Å². The fourth-order valence-electron chi connectivity index (χ4n) is 4.20. The third-order valence-corrected chi connectivity index (χ3v) is 6.80. The number of benzene rings is 1. The fraction of sp³-hybridized carbons (Fsp3) is 0.529. The average molecular weight is 272 g/mol. The minimum Gasteiger partial charge on any atom is -0.393 e. The lowest BCUT2D eigenvalue weighted by molar-refractivity contribution is 0.0467. The predicted molar refractivity (Wildman–Crippen MR) is 81.0 cm³/mol. The van der Waals surface area contributed by atoms with E-state index in [0.717, 1.165) is 25.7 Å². The van der Waals surface area contributed by atoms with Gasteiger partial charge in [-0.1, -0.05) is 19.1 Å². The normalized spacial score (nSPS) is 33.4. The van der Waals surface area contributed by atoms with Gasteiger partial charge < -0.3 is 5.11 Å². The van der Waals surface area contributed by atoms with Crippen molar-refractivity contribution in [1.82, 2.24) is 0 Å². The first-order chi connectivity index (χ1) is 9.09. The Morgan fingerprint density at radius 3 is 3.00 bits per heavy atom. The Morgan fingerprint density at radius 1 is 1.32 bits per heavy atom. The molecule has 1 nitrogen and oxygen atoms in total. The molecule has 19 heavy (non-hydrogen) atoms. The van der Waals surface area contributed by atoms with Gasteiger partial charge in [0.05, 0.1) is 6.10 Å². The Labute approximate surface area is 118 Å². The van der Waals surface area contributed by atoms with Gasteiger partial charge in [-0.25, -0.2) is 0 Å². The summed E-state index contributed by atoms with van der Waals surface area (Å²) in [5, 5.41) is 11.8. The fourth-order valence-corrected chi connectivity index (χ4v) is 5.84. The molecule has 1 aromatic heterocycles. The van der Waals surface area contributed by atoms with Crippen LogP contribution >= 0.6 is 11.3 Å². The molecule has 3 atom stereocenters. The van der Waals surface area contributed by atoms with Crippen LogP contribution in [-0.4, -0.2) is 11.2 Å². The number of hydrogen-bond donors (Lipinski definition) is 1. The van der Waals surface area contributed by atoms with Gasteiger partial charge in [0.2, 0.25) is 0 Å². The van der Waals surface area contributed by atoms with Crippen molar-refractivity contribution in [2.24, 2.45) is 5.41 Å². The maximum absolute atomic E-state index is 10.3. The molecule has 1 fully saturated rings. The van der Waals surface area contributed by atoms with Crippen molar-refractivity contribution in [2.75, 3.05) is 0 Å². The molecule has 1 unspecified atom stereocenters. The average Bonchev–Trinajstić information content (AvgIpc) is 2.87. The van der Waals surface area contributed by atoms with Gasteiger partial charge in [0.25, 0.3) is 0 Å². The number of rotatable bonds is 0. The van der Waals surface area contributed by atoms with Gasteiger partial charge in [-0.3, -0.25) is 0 Å². The predicted octanol–water partition coefficient (Wildman–Crippen LogP) is 4.40.